The van der Waals surface area contributed by atoms with E-state index in [9.17, 15) is 13.2 Å². The number of carbonyl (C=O) groups excluding carboxylic acids is 1. The summed E-state index contributed by atoms with van der Waals surface area (Å²) in [5.41, 5.74) is 0.877. The molecule has 0 aliphatic rings. The highest BCUT2D eigenvalue weighted by Crippen LogP contribution is 2.16. The standard InChI is InChI=1S/C11H13N5O4S2/c1-6-4-9(20-3)13-10(12-6)14-11(17)16-22(18,19)8-5-21-15-7(8)2/h4-5H,1-3H3,(H2,12,13,14,16,17). The number of hydrogen-bond acceptors (Lipinski definition) is 8. The molecule has 2 N–H and O–H groups in total. The predicted octanol–water partition coefficient (Wildman–Crippen LogP) is 1.07. The molecule has 0 fully saturated rings. The molecule has 2 heterocycles. The maximum Gasteiger partial charge on any atom is 0.335 e. The van der Waals surface area contributed by atoms with Gasteiger partial charge in [-0.05, 0) is 25.4 Å². The first-order chi connectivity index (χ1) is 10.3. The van der Waals surface area contributed by atoms with E-state index in [1.54, 1.807) is 13.0 Å². The first kappa shape index (κ1) is 16.1. The summed E-state index contributed by atoms with van der Waals surface area (Å²) in [5, 5.41) is 3.59. The molecular weight excluding hydrogens is 330 g/mol. The van der Waals surface area contributed by atoms with Crippen molar-refractivity contribution in [1.82, 2.24) is 19.1 Å². The van der Waals surface area contributed by atoms with Crippen molar-refractivity contribution in [2.24, 2.45) is 0 Å². The Hall–Kier alpha value is -2.27. The highest BCUT2D eigenvalue weighted by molar-refractivity contribution is 7.90. The van der Waals surface area contributed by atoms with Gasteiger partial charge in [-0.1, -0.05) is 0 Å². The van der Waals surface area contributed by atoms with Crippen LogP contribution in [-0.4, -0.2) is 35.9 Å². The van der Waals surface area contributed by atoms with Gasteiger partial charge in [0, 0.05) is 17.1 Å². The van der Waals surface area contributed by atoms with Gasteiger partial charge in [0.15, 0.2) is 0 Å². The molecule has 0 unspecified atom stereocenters. The topological polar surface area (TPSA) is 123 Å². The van der Waals surface area contributed by atoms with Gasteiger partial charge in [-0.3, -0.25) is 5.32 Å². The van der Waals surface area contributed by atoms with E-state index in [0.29, 0.717) is 11.4 Å². The van der Waals surface area contributed by atoms with Crippen molar-refractivity contribution >= 4 is 33.5 Å². The van der Waals surface area contributed by atoms with Crippen molar-refractivity contribution in [3.8, 4) is 5.88 Å². The maximum absolute atomic E-state index is 12.0. The number of anilines is 1. The third-order valence-electron chi connectivity index (χ3n) is 2.49. The summed E-state index contributed by atoms with van der Waals surface area (Å²) in [5.74, 6) is 0.188. The molecule has 0 saturated carbocycles. The summed E-state index contributed by atoms with van der Waals surface area (Å²) >= 11 is 0.989. The number of ether oxygens (including phenoxy) is 1. The second-order valence-electron chi connectivity index (χ2n) is 4.20. The lowest BCUT2D eigenvalue weighted by atomic mass is 10.4. The molecule has 0 aromatic carbocycles. The quantitative estimate of drug-likeness (QED) is 0.851. The summed E-state index contributed by atoms with van der Waals surface area (Å²) < 4.78 is 34.7. The van der Waals surface area contributed by atoms with E-state index in [1.165, 1.54) is 19.4 Å². The number of urea groups is 1. The summed E-state index contributed by atoms with van der Waals surface area (Å²) in [6.07, 6.45) is 0. The van der Waals surface area contributed by atoms with Gasteiger partial charge in [0.1, 0.15) is 4.90 Å². The molecule has 2 rings (SSSR count). The van der Waals surface area contributed by atoms with Gasteiger partial charge in [0.25, 0.3) is 10.0 Å². The van der Waals surface area contributed by atoms with Crippen LogP contribution in [0.1, 0.15) is 11.4 Å². The van der Waals surface area contributed by atoms with Crippen molar-refractivity contribution in [3.63, 3.8) is 0 Å². The minimum absolute atomic E-state index is 0.0459. The fourth-order valence-electron chi connectivity index (χ4n) is 1.55. The Balaban J connectivity index is 2.14. The van der Waals surface area contributed by atoms with E-state index in [-0.39, 0.29) is 16.7 Å². The molecule has 2 aromatic rings. The van der Waals surface area contributed by atoms with Crippen LogP contribution in [0.3, 0.4) is 0 Å². The third kappa shape index (κ3) is 3.68. The lowest BCUT2D eigenvalue weighted by molar-refractivity contribution is 0.256. The molecule has 0 bridgehead atoms. The number of amides is 2. The molecule has 0 aliphatic carbocycles. The second-order valence-corrected chi connectivity index (χ2v) is 6.48. The zero-order chi connectivity index (χ0) is 16.3. The summed E-state index contributed by atoms with van der Waals surface area (Å²) in [4.78, 5) is 19.6. The number of rotatable bonds is 4. The normalized spacial score (nSPS) is 11.0. The molecule has 0 aliphatic heterocycles. The van der Waals surface area contributed by atoms with Gasteiger partial charge >= 0.3 is 6.03 Å². The number of sulfonamides is 1. The van der Waals surface area contributed by atoms with Gasteiger partial charge in [0.2, 0.25) is 11.8 Å². The van der Waals surface area contributed by atoms with E-state index >= 15 is 0 Å². The summed E-state index contributed by atoms with van der Waals surface area (Å²) in [6.45, 7) is 3.22. The van der Waals surface area contributed by atoms with Crippen LogP contribution in [0.15, 0.2) is 16.3 Å². The Labute approximate surface area is 131 Å². The van der Waals surface area contributed by atoms with Crippen molar-refractivity contribution in [2.75, 3.05) is 12.4 Å². The van der Waals surface area contributed by atoms with Crippen LogP contribution < -0.4 is 14.8 Å². The van der Waals surface area contributed by atoms with Crippen LogP contribution in [0.25, 0.3) is 0 Å². The van der Waals surface area contributed by atoms with Crippen molar-refractivity contribution in [3.05, 3.63) is 22.8 Å². The van der Waals surface area contributed by atoms with Gasteiger partial charge in [-0.15, -0.1) is 0 Å². The lowest BCUT2D eigenvalue weighted by Crippen LogP contribution is -2.35. The van der Waals surface area contributed by atoms with Crippen molar-refractivity contribution in [2.45, 2.75) is 18.7 Å². The van der Waals surface area contributed by atoms with Crippen molar-refractivity contribution in [1.29, 1.82) is 0 Å². The fraction of sp³-hybridized carbons (Fsp3) is 0.273. The number of nitrogens with zero attached hydrogens (tertiary/aromatic N) is 3. The number of methoxy groups -OCH3 is 1. The van der Waals surface area contributed by atoms with E-state index in [4.69, 9.17) is 4.74 Å². The Morgan fingerprint density at radius 2 is 2.05 bits per heavy atom. The third-order valence-corrected chi connectivity index (χ3v) is 4.80. The summed E-state index contributed by atoms with van der Waals surface area (Å²) in [7, 11) is -2.57. The zero-order valence-electron chi connectivity index (χ0n) is 11.9. The molecule has 118 valence electrons. The molecule has 2 aromatic heterocycles. The highest BCUT2D eigenvalue weighted by atomic mass is 32.2. The largest absolute Gasteiger partial charge is 0.481 e. The van der Waals surface area contributed by atoms with Crippen LogP contribution in [-0.2, 0) is 10.0 Å². The van der Waals surface area contributed by atoms with Crippen LogP contribution in [0.5, 0.6) is 5.88 Å². The molecule has 0 atom stereocenters. The smallest absolute Gasteiger partial charge is 0.335 e. The number of aryl methyl sites for hydroxylation is 2. The van der Waals surface area contributed by atoms with Crippen LogP contribution >= 0.6 is 11.5 Å². The molecule has 2 amide bonds. The molecule has 11 heteroatoms. The number of aromatic nitrogens is 3. The van der Waals surface area contributed by atoms with Gasteiger partial charge in [-0.2, -0.15) is 9.36 Å². The predicted molar refractivity (Wildman–Crippen MR) is 79.5 cm³/mol. The van der Waals surface area contributed by atoms with Gasteiger partial charge in [0.05, 0.1) is 12.8 Å². The minimum Gasteiger partial charge on any atom is -0.481 e. The van der Waals surface area contributed by atoms with Gasteiger partial charge < -0.3 is 4.74 Å². The van der Waals surface area contributed by atoms with Crippen LogP contribution in [0.4, 0.5) is 10.7 Å². The first-order valence-corrected chi connectivity index (χ1v) is 8.28. The minimum atomic E-state index is -3.99. The Kier molecular flexibility index (Phi) is 4.56. The van der Waals surface area contributed by atoms with Crippen LogP contribution in [0.2, 0.25) is 0 Å². The average Bonchev–Trinajstić information content (AvgIpc) is 2.84. The average molecular weight is 343 g/mol. The zero-order valence-corrected chi connectivity index (χ0v) is 13.6. The number of hydrogen-bond donors (Lipinski definition) is 2. The van der Waals surface area contributed by atoms with E-state index in [1.807, 2.05) is 4.72 Å². The Bertz CT molecular complexity index is 803. The molecule has 22 heavy (non-hydrogen) atoms. The second kappa shape index (κ2) is 6.23. The Morgan fingerprint density at radius 1 is 1.32 bits per heavy atom. The van der Waals surface area contributed by atoms with Gasteiger partial charge in [-0.25, -0.2) is 22.9 Å². The molecular formula is C11H13N5O4S2. The summed E-state index contributed by atoms with van der Waals surface area (Å²) in [6, 6.07) is 0.596. The Morgan fingerprint density at radius 3 is 2.64 bits per heavy atom. The fourth-order valence-corrected chi connectivity index (χ4v) is 3.65. The van der Waals surface area contributed by atoms with Crippen molar-refractivity contribution < 1.29 is 17.9 Å². The van der Waals surface area contributed by atoms with E-state index in [0.717, 1.165) is 11.5 Å². The SMILES string of the molecule is COc1cc(C)nc(NC(=O)NS(=O)(=O)c2csnc2C)n1. The molecule has 0 spiro atoms. The first-order valence-electron chi connectivity index (χ1n) is 5.96. The van der Waals surface area contributed by atoms with Crippen LogP contribution in [0, 0.1) is 13.8 Å². The van der Waals surface area contributed by atoms with E-state index in [2.05, 4.69) is 19.7 Å². The van der Waals surface area contributed by atoms with E-state index < -0.39 is 16.1 Å². The molecule has 9 nitrogen and oxygen atoms in total. The highest BCUT2D eigenvalue weighted by Gasteiger charge is 2.22. The monoisotopic (exact) mass is 343 g/mol. The maximum atomic E-state index is 12.0. The lowest BCUT2D eigenvalue weighted by Gasteiger charge is -2.08. The molecule has 0 radical (unpaired) electrons. The number of nitrogens with one attached hydrogen (secondary N) is 2. The number of carbonyl (C=O) groups is 1. The molecule has 0 saturated heterocycles.